The average Bonchev–Trinajstić information content (AvgIpc) is 3.02. The number of nitrogens with one attached hydrogen (secondary N) is 2. The standard InChI is InChI=1S/C20H22FN3O3/c1-13(27-2)19(25)23-15-7-5-6-14(12-15)22-17-10-11-24(20(17)26)18-9-4-3-8-16(18)21/h3-9,12-13,17,22H,10-11H2,1-2H3,(H,23,25). The highest BCUT2D eigenvalue weighted by molar-refractivity contribution is 6.01. The first kappa shape index (κ1) is 18.8. The zero-order chi connectivity index (χ0) is 19.4. The molecule has 0 spiro atoms. The third-order valence-corrected chi connectivity index (χ3v) is 4.54. The molecule has 6 nitrogen and oxygen atoms in total. The van der Waals surface area contributed by atoms with Crippen LogP contribution in [0.2, 0.25) is 0 Å². The summed E-state index contributed by atoms with van der Waals surface area (Å²) in [6.07, 6.45) is -0.00265. The predicted molar refractivity (Wildman–Crippen MR) is 102 cm³/mol. The van der Waals surface area contributed by atoms with Gasteiger partial charge in [-0.25, -0.2) is 4.39 Å². The fraction of sp³-hybridized carbons (Fsp3) is 0.300. The molecule has 2 unspecified atom stereocenters. The van der Waals surface area contributed by atoms with Crippen LogP contribution in [-0.2, 0) is 14.3 Å². The van der Waals surface area contributed by atoms with E-state index in [9.17, 15) is 14.0 Å². The van der Waals surface area contributed by atoms with Gasteiger partial charge in [-0.15, -0.1) is 0 Å². The first-order chi connectivity index (χ1) is 13.0. The van der Waals surface area contributed by atoms with Crippen molar-refractivity contribution >= 4 is 28.9 Å². The number of halogens is 1. The van der Waals surface area contributed by atoms with E-state index >= 15 is 0 Å². The number of methoxy groups -OCH3 is 1. The fourth-order valence-electron chi connectivity index (χ4n) is 2.96. The second-order valence-electron chi connectivity index (χ2n) is 6.37. The highest BCUT2D eigenvalue weighted by Crippen LogP contribution is 2.26. The summed E-state index contributed by atoms with van der Waals surface area (Å²) >= 11 is 0. The lowest BCUT2D eigenvalue weighted by Crippen LogP contribution is -2.33. The molecule has 1 heterocycles. The zero-order valence-electron chi connectivity index (χ0n) is 15.2. The van der Waals surface area contributed by atoms with Crippen molar-refractivity contribution in [1.82, 2.24) is 0 Å². The first-order valence-electron chi connectivity index (χ1n) is 8.75. The van der Waals surface area contributed by atoms with Gasteiger partial charge in [-0.2, -0.15) is 0 Å². The third-order valence-electron chi connectivity index (χ3n) is 4.54. The Balaban J connectivity index is 1.68. The normalized spacial score (nSPS) is 17.7. The van der Waals surface area contributed by atoms with Gasteiger partial charge < -0.3 is 20.3 Å². The number of carbonyl (C=O) groups excluding carboxylic acids is 2. The molecule has 0 aromatic heterocycles. The molecule has 1 fully saturated rings. The second-order valence-corrected chi connectivity index (χ2v) is 6.37. The predicted octanol–water partition coefficient (Wildman–Crippen LogP) is 3.02. The van der Waals surface area contributed by atoms with Gasteiger partial charge in [-0.05, 0) is 43.7 Å². The molecule has 27 heavy (non-hydrogen) atoms. The summed E-state index contributed by atoms with van der Waals surface area (Å²) in [6, 6.07) is 12.9. The SMILES string of the molecule is COC(C)C(=O)Nc1cccc(NC2CCN(c3ccccc3F)C2=O)c1. The summed E-state index contributed by atoms with van der Waals surface area (Å²) in [7, 11) is 1.47. The average molecular weight is 371 g/mol. The van der Waals surface area contributed by atoms with Crippen molar-refractivity contribution in [2.24, 2.45) is 0 Å². The van der Waals surface area contributed by atoms with Gasteiger partial charge >= 0.3 is 0 Å². The van der Waals surface area contributed by atoms with Gasteiger partial charge in [0.1, 0.15) is 18.0 Å². The van der Waals surface area contributed by atoms with E-state index in [4.69, 9.17) is 4.74 Å². The molecule has 0 aliphatic carbocycles. The Kier molecular flexibility index (Phi) is 5.71. The largest absolute Gasteiger partial charge is 0.374 e. The molecule has 2 aromatic carbocycles. The summed E-state index contributed by atoms with van der Waals surface area (Å²) in [6.45, 7) is 2.10. The highest BCUT2D eigenvalue weighted by atomic mass is 19.1. The fourth-order valence-corrected chi connectivity index (χ4v) is 2.96. The lowest BCUT2D eigenvalue weighted by Gasteiger charge is -2.18. The smallest absolute Gasteiger partial charge is 0.253 e. The quantitative estimate of drug-likeness (QED) is 0.819. The zero-order valence-corrected chi connectivity index (χ0v) is 15.2. The molecule has 7 heteroatoms. The molecule has 1 aliphatic heterocycles. The molecule has 2 aromatic rings. The van der Waals surface area contributed by atoms with Gasteiger partial charge in [0.05, 0.1) is 5.69 Å². The number of amides is 2. The minimum absolute atomic E-state index is 0.178. The number of benzene rings is 2. The van der Waals surface area contributed by atoms with Crippen LogP contribution in [0.4, 0.5) is 21.5 Å². The molecule has 3 rings (SSSR count). The number of rotatable bonds is 6. The lowest BCUT2D eigenvalue weighted by molar-refractivity contribution is -0.124. The van der Waals surface area contributed by atoms with Gasteiger partial charge in [-0.1, -0.05) is 18.2 Å². The Labute approximate surface area is 157 Å². The number of carbonyl (C=O) groups is 2. The molecular formula is C20H22FN3O3. The molecule has 142 valence electrons. The maximum atomic E-state index is 14.0. The Morgan fingerprint density at radius 1 is 1.22 bits per heavy atom. The van der Waals surface area contributed by atoms with Gasteiger partial charge in [-0.3, -0.25) is 9.59 Å². The van der Waals surface area contributed by atoms with Crippen LogP contribution in [0, 0.1) is 5.82 Å². The van der Waals surface area contributed by atoms with Crippen LogP contribution in [-0.4, -0.2) is 37.6 Å². The Morgan fingerprint density at radius 2 is 1.96 bits per heavy atom. The van der Waals surface area contributed by atoms with Crippen LogP contribution in [0.1, 0.15) is 13.3 Å². The molecule has 0 saturated carbocycles. The van der Waals surface area contributed by atoms with E-state index in [1.165, 1.54) is 18.1 Å². The number of hydrogen-bond acceptors (Lipinski definition) is 4. The van der Waals surface area contributed by atoms with Crippen LogP contribution in [0.15, 0.2) is 48.5 Å². The first-order valence-corrected chi connectivity index (χ1v) is 8.75. The maximum absolute atomic E-state index is 14.0. The lowest BCUT2D eigenvalue weighted by atomic mass is 10.2. The van der Waals surface area contributed by atoms with E-state index in [1.807, 2.05) is 6.07 Å². The van der Waals surface area contributed by atoms with Crippen molar-refractivity contribution in [3.8, 4) is 0 Å². The summed E-state index contributed by atoms with van der Waals surface area (Å²) in [5, 5.41) is 5.93. The van der Waals surface area contributed by atoms with E-state index in [0.29, 0.717) is 30.0 Å². The summed E-state index contributed by atoms with van der Waals surface area (Å²) in [5.74, 6) is -0.844. The summed E-state index contributed by atoms with van der Waals surface area (Å²) in [4.78, 5) is 26.1. The van der Waals surface area contributed by atoms with Crippen molar-refractivity contribution in [2.75, 3.05) is 29.2 Å². The minimum atomic E-state index is -0.563. The van der Waals surface area contributed by atoms with Crippen molar-refractivity contribution in [2.45, 2.75) is 25.5 Å². The van der Waals surface area contributed by atoms with Crippen molar-refractivity contribution < 1.29 is 18.7 Å². The van der Waals surface area contributed by atoms with Gasteiger partial charge in [0.2, 0.25) is 5.91 Å². The van der Waals surface area contributed by atoms with E-state index in [-0.39, 0.29) is 11.8 Å². The molecule has 2 N–H and O–H groups in total. The third kappa shape index (κ3) is 4.25. The van der Waals surface area contributed by atoms with Crippen molar-refractivity contribution in [3.05, 3.63) is 54.3 Å². The van der Waals surface area contributed by atoms with Crippen LogP contribution < -0.4 is 15.5 Å². The molecule has 1 aliphatic rings. The van der Waals surface area contributed by atoms with E-state index in [2.05, 4.69) is 10.6 Å². The number of anilines is 3. The minimum Gasteiger partial charge on any atom is -0.374 e. The monoisotopic (exact) mass is 371 g/mol. The summed E-state index contributed by atoms with van der Waals surface area (Å²) < 4.78 is 19.0. The van der Waals surface area contributed by atoms with Gasteiger partial charge in [0.15, 0.2) is 0 Å². The Morgan fingerprint density at radius 3 is 2.70 bits per heavy atom. The molecule has 2 atom stereocenters. The number of nitrogens with zero attached hydrogens (tertiary/aromatic N) is 1. The summed E-state index contributed by atoms with van der Waals surface area (Å²) in [5.41, 5.74) is 1.60. The molecule has 1 saturated heterocycles. The molecular weight excluding hydrogens is 349 g/mol. The number of hydrogen-bond donors (Lipinski definition) is 2. The molecule has 0 bridgehead atoms. The van der Waals surface area contributed by atoms with Gasteiger partial charge in [0.25, 0.3) is 5.91 Å². The van der Waals surface area contributed by atoms with Crippen LogP contribution in [0.25, 0.3) is 0 Å². The highest BCUT2D eigenvalue weighted by Gasteiger charge is 2.33. The molecule has 0 radical (unpaired) electrons. The number of para-hydroxylation sites is 1. The van der Waals surface area contributed by atoms with Crippen LogP contribution >= 0.6 is 0 Å². The topological polar surface area (TPSA) is 70.7 Å². The second kappa shape index (κ2) is 8.18. The van der Waals surface area contributed by atoms with E-state index < -0.39 is 18.0 Å². The van der Waals surface area contributed by atoms with Crippen molar-refractivity contribution in [3.63, 3.8) is 0 Å². The number of ether oxygens (including phenoxy) is 1. The Bertz CT molecular complexity index is 843. The molecule has 2 amide bonds. The van der Waals surface area contributed by atoms with Crippen molar-refractivity contribution in [1.29, 1.82) is 0 Å². The maximum Gasteiger partial charge on any atom is 0.253 e. The van der Waals surface area contributed by atoms with E-state index in [1.54, 1.807) is 43.3 Å². The van der Waals surface area contributed by atoms with E-state index in [0.717, 1.165) is 0 Å². The Hall–Kier alpha value is -2.93. The van der Waals surface area contributed by atoms with Gasteiger partial charge in [0, 0.05) is 25.0 Å². The van der Waals surface area contributed by atoms with Crippen LogP contribution in [0.3, 0.4) is 0 Å². The van der Waals surface area contributed by atoms with Crippen LogP contribution in [0.5, 0.6) is 0 Å².